The first-order chi connectivity index (χ1) is 11.3. The molecule has 1 aromatic carbocycles. The van der Waals surface area contributed by atoms with Crippen LogP contribution >= 0.6 is 0 Å². The number of carbonyl (C=O) groups excluding carboxylic acids is 2. The zero-order valence-corrected chi connectivity index (χ0v) is 13.9. The van der Waals surface area contributed by atoms with Crippen LogP contribution < -0.4 is 10.1 Å². The SMILES string of the molecule is CC(C)(C)OC(=O)CNC(=O)c1ccc(Oc2ccccc2)cn1. The summed E-state index contributed by atoms with van der Waals surface area (Å²) in [6, 6.07) is 12.4. The van der Waals surface area contributed by atoms with Gasteiger partial charge in [-0.05, 0) is 45.0 Å². The van der Waals surface area contributed by atoms with Crippen LogP contribution in [0.15, 0.2) is 48.7 Å². The van der Waals surface area contributed by atoms with Crippen molar-refractivity contribution < 1.29 is 19.1 Å². The van der Waals surface area contributed by atoms with Crippen LogP contribution in [0.1, 0.15) is 31.3 Å². The molecule has 24 heavy (non-hydrogen) atoms. The lowest BCUT2D eigenvalue weighted by Gasteiger charge is -2.19. The summed E-state index contributed by atoms with van der Waals surface area (Å²) < 4.78 is 10.7. The fourth-order valence-corrected chi connectivity index (χ4v) is 1.82. The number of nitrogens with one attached hydrogen (secondary N) is 1. The van der Waals surface area contributed by atoms with Gasteiger partial charge in [-0.2, -0.15) is 0 Å². The van der Waals surface area contributed by atoms with Crippen LogP contribution in [0.5, 0.6) is 11.5 Å². The first-order valence-electron chi connectivity index (χ1n) is 7.52. The van der Waals surface area contributed by atoms with Gasteiger partial charge in [0.15, 0.2) is 0 Å². The topological polar surface area (TPSA) is 77.5 Å². The van der Waals surface area contributed by atoms with Crippen molar-refractivity contribution in [3.63, 3.8) is 0 Å². The van der Waals surface area contributed by atoms with Crippen LogP contribution in [0, 0.1) is 0 Å². The molecule has 0 spiro atoms. The molecule has 2 rings (SSSR count). The van der Waals surface area contributed by atoms with Crippen molar-refractivity contribution in [3.05, 3.63) is 54.4 Å². The van der Waals surface area contributed by atoms with E-state index in [1.54, 1.807) is 26.8 Å². The number of nitrogens with zero attached hydrogens (tertiary/aromatic N) is 1. The van der Waals surface area contributed by atoms with E-state index in [0.29, 0.717) is 11.5 Å². The smallest absolute Gasteiger partial charge is 0.325 e. The third kappa shape index (κ3) is 5.72. The number of aromatic nitrogens is 1. The molecule has 0 radical (unpaired) electrons. The zero-order valence-electron chi connectivity index (χ0n) is 13.9. The summed E-state index contributed by atoms with van der Waals surface area (Å²) in [5.74, 6) is 0.248. The molecule has 0 aliphatic carbocycles. The van der Waals surface area contributed by atoms with E-state index in [4.69, 9.17) is 9.47 Å². The number of amides is 1. The highest BCUT2D eigenvalue weighted by Gasteiger charge is 2.17. The van der Waals surface area contributed by atoms with E-state index in [1.807, 2.05) is 30.3 Å². The summed E-state index contributed by atoms with van der Waals surface area (Å²) in [5.41, 5.74) is -0.393. The second kappa shape index (κ2) is 7.59. The Hall–Kier alpha value is -2.89. The van der Waals surface area contributed by atoms with Gasteiger partial charge in [0.05, 0.1) is 6.20 Å². The van der Waals surface area contributed by atoms with Gasteiger partial charge in [-0.15, -0.1) is 0 Å². The molecule has 0 bridgehead atoms. The van der Waals surface area contributed by atoms with Gasteiger partial charge in [-0.1, -0.05) is 18.2 Å². The summed E-state index contributed by atoms with van der Waals surface area (Å²) >= 11 is 0. The van der Waals surface area contributed by atoms with Gasteiger partial charge in [-0.25, -0.2) is 4.98 Å². The molecular weight excluding hydrogens is 308 g/mol. The second-order valence-corrected chi connectivity index (χ2v) is 6.06. The Morgan fingerprint density at radius 3 is 2.33 bits per heavy atom. The minimum Gasteiger partial charge on any atom is -0.459 e. The van der Waals surface area contributed by atoms with Crippen molar-refractivity contribution in [1.82, 2.24) is 10.3 Å². The van der Waals surface area contributed by atoms with Crippen LogP contribution in [0.2, 0.25) is 0 Å². The fraction of sp³-hybridized carbons (Fsp3) is 0.278. The maximum Gasteiger partial charge on any atom is 0.325 e. The lowest BCUT2D eigenvalue weighted by atomic mass is 10.2. The molecule has 0 aliphatic rings. The Kier molecular flexibility index (Phi) is 5.52. The molecule has 2 aromatic rings. The molecule has 0 saturated heterocycles. The van der Waals surface area contributed by atoms with Crippen molar-refractivity contribution in [2.75, 3.05) is 6.54 Å². The minimum atomic E-state index is -0.587. The highest BCUT2D eigenvalue weighted by molar-refractivity contribution is 5.94. The van der Waals surface area contributed by atoms with Gasteiger partial charge in [-0.3, -0.25) is 9.59 Å². The highest BCUT2D eigenvalue weighted by atomic mass is 16.6. The van der Waals surface area contributed by atoms with Gasteiger partial charge in [0, 0.05) is 0 Å². The van der Waals surface area contributed by atoms with E-state index >= 15 is 0 Å². The molecule has 6 heteroatoms. The molecule has 126 valence electrons. The molecule has 0 fully saturated rings. The van der Waals surface area contributed by atoms with Gasteiger partial charge >= 0.3 is 5.97 Å². The predicted molar refractivity (Wildman–Crippen MR) is 88.9 cm³/mol. The van der Waals surface area contributed by atoms with Crippen molar-refractivity contribution in [1.29, 1.82) is 0 Å². The molecule has 0 atom stereocenters. The molecular formula is C18H20N2O4. The minimum absolute atomic E-state index is 0.193. The number of esters is 1. The first kappa shape index (κ1) is 17.5. The molecule has 1 aromatic heterocycles. The van der Waals surface area contributed by atoms with Crippen LogP contribution in [0.3, 0.4) is 0 Å². The summed E-state index contributed by atoms with van der Waals surface area (Å²) in [6.07, 6.45) is 1.45. The number of hydrogen-bond acceptors (Lipinski definition) is 5. The fourth-order valence-electron chi connectivity index (χ4n) is 1.82. The highest BCUT2D eigenvalue weighted by Crippen LogP contribution is 2.19. The number of ether oxygens (including phenoxy) is 2. The lowest BCUT2D eigenvalue weighted by molar-refractivity contribution is -0.153. The summed E-state index contributed by atoms with van der Waals surface area (Å²) in [5, 5.41) is 2.47. The maximum atomic E-state index is 12.0. The van der Waals surface area contributed by atoms with Crippen LogP contribution in [0.4, 0.5) is 0 Å². The van der Waals surface area contributed by atoms with Gasteiger partial charge in [0.25, 0.3) is 5.91 Å². The summed E-state index contributed by atoms with van der Waals surface area (Å²) in [7, 11) is 0. The van der Waals surface area contributed by atoms with E-state index in [2.05, 4.69) is 10.3 Å². The van der Waals surface area contributed by atoms with E-state index < -0.39 is 17.5 Å². The second-order valence-electron chi connectivity index (χ2n) is 6.06. The molecule has 0 aliphatic heterocycles. The Morgan fingerprint density at radius 2 is 1.75 bits per heavy atom. The number of pyridine rings is 1. The predicted octanol–water partition coefficient (Wildman–Crippen LogP) is 2.95. The summed E-state index contributed by atoms with van der Waals surface area (Å²) in [4.78, 5) is 27.6. The zero-order chi connectivity index (χ0) is 17.6. The van der Waals surface area contributed by atoms with Crippen LogP contribution in [-0.4, -0.2) is 29.0 Å². The average Bonchev–Trinajstić information content (AvgIpc) is 2.53. The van der Waals surface area contributed by atoms with Gasteiger partial charge in [0.2, 0.25) is 0 Å². The maximum absolute atomic E-state index is 12.0. The number of benzene rings is 1. The monoisotopic (exact) mass is 328 g/mol. The third-order valence-corrected chi connectivity index (χ3v) is 2.76. The Labute approximate surface area is 140 Å². The standard InChI is InChI=1S/C18H20N2O4/c1-18(2,3)24-16(21)12-20-17(22)15-10-9-14(11-19-15)23-13-7-5-4-6-8-13/h4-11H,12H2,1-3H3,(H,20,22). The van der Waals surface area contributed by atoms with Crippen molar-refractivity contribution in [3.8, 4) is 11.5 Å². The van der Waals surface area contributed by atoms with E-state index in [1.165, 1.54) is 12.3 Å². The Bertz CT molecular complexity index is 691. The number of para-hydroxylation sites is 1. The lowest BCUT2D eigenvalue weighted by Crippen LogP contribution is -2.34. The molecule has 0 unspecified atom stereocenters. The van der Waals surface area contributed by atoms with Crippen molar-refractivity contribution >= 4 is 11.9 Å². The number of rotatable bonds is 5. The molecule has 0 saturated carbocycles. The number of carbonyl (C=O) groups is 2. The van der Waals surface area contributed by atoms with Crippen molar-refractivity contribution in [2.24, 2.45) is 0 Å². The van der Waals surface area contributed by atoms with E-state index in [0.717, 1.165) is 0 Å². The van der Waals surface area contributed by atoms with Crippen molar-refractivity contribution in [2.45, 2.75) is 26.4 Å². The third-order valence-electron chi connectivity index (χ3n) is 2.76. The molecule has 6 nitrogen and oxygen atoms in total. The normalized spacial score (nSPS) is 10.8. The number of hydrogen-bond donors (Lipinski definition) is 1. The summed E-state index contributed by atoms with van der Waals surface area (Å²) in [6.45, 7) is 5.08. The van der Waals surface area contributed by atoms with E-state index in [9.17, 15) is 9.59 Å². The Balaban J connectivity index is 1.88. The molecule has 1 amide bonds. The van der Waals surface area contributed by atoms with Gasteiger partial charge in [0.1, 0.15) is 29.3 Å². The molecule has 1 N–H and O–H groups in total. The van der Waals surface area contributed by atoms with Gasteiger partial charge < -0.3 is 14.8 Å². The van der Waals surface area contributed by atoms with Crippen LogP contribution in [0.25, 0.3) is 0 Å². The largest absolute Gasteiger partial charge is 0.459 e. The quantitative estimate of drug-likeness (QED) is 0.854. The van der Waals surface area contributed by atoms with E-state index in [-0.39, 0.29) is 12.2 Å². The molecule has 1 heterocycles. The first-order valence-corrected chi connectivity index (χ1v) is 7.52. The van der Waals surface area contributed by atoms with Crippen LogP contribution in [-0.2, 0) is 9.53 Å². The Morgan fingerprint density at radius 1 is 1.04 bits per heavy atom. The average molecular weight is 328 g/mol.